The number of halogens is 1. The van der Waals surface area contributed by atoms with E-state index in [9.17, 15) is 14.0 Å². The molecule has 92 valence electrons. The number of hydrogen-bond acceptors (Lipinski definition) is 4. The van der Waals surface area contributed by atoms with Crippen molar-refractivity contribution < 1.29 is 23.5 Å². The number of rotatable bonds is 4. The minimum atomic E-state index is -0.742. The molecule has 0 aliphatic heterocycles. The maximum atomic E-state index is 13.4. The second kappa shape index (κ2) is 5.98. The minimum absolute atomic E-state index is 0.0846. The van der Waals surface area contributed by atoms with Crippen molar-refractivity contribution in [1.29, 1.82) is 0 Å². The fourth-order valence-corrected chi connectivity index (χ4v) is 1.05. The molecule has 4 nitrogen and oxygen atoms in total. The molecular weight excluding hydrogens is 227 g/mol. The summed E-state index contributed by atoms with van der Waals surface area (Å²) in [6.45, 7) is 3.19. The number of esters is 2. The van der Waals surface area contributed by atoms with Crippen LogP contribution in [0.3, 0.4) is 0 Å². The molecular formula is C12H13FO4. The van der Waals surface area contributed by atoms with Crippen LogP contribution in [0.15, 0.2) is 18.2 Å². The van der Waals surface area contributed by atoms with E-state index in [1.165, 1.54) is 12.1 Å². The third-order valence-corrected chi connectivity index (χ3v) is 1.95. The van der Waals surface area contributed by atoms with E-state index >= 15 is 0 Å². The van der Waals surface area contributed by atoms with Gasteiger partial charge in [0.25, 0.3) is 0 Å². The zero-order chi connectivity index (χ0) is 12.8. The smallest absolute Gasteiger partial charge is 0.311 e. The lowest BCUT2D eigenvalue weighted by molar-refractivity contribution is -0.137. The Labute approximate surface area is 98.3 Å². The highest BCUT2D eigenvalue weighted by Gasteiger charge is 2.16. The van der Waals surface area contributed by atoms with E-state index in [-0.39, 0.29) is 24.3 Å². The van der Waals surface area contributed by atoms with Crippen molar-refractivity contribution in [2.75, 3.05) is 0 Å². The van der Waals surface area contributed by atoms with Gasteiger partial charge >= 0.3 is 11.9 Å². The van der Waals surface area contributed by atoms with Gasteiger partial charge in [-0.25, -0.2) is 4.39 Å². The van der Waals surface area contributed by atoms with Crippen LogP contribution >= 0.6 is 0 Å². The summed E-state index contributed by atoms with van der Waals surface area (Å²) in [7, 11) is 0. The molecule has 0 fully saturated rings. The second-order valence-electron chi connectivity index (χ2n) is 3.22. The zero-order valence-electron chi connectivity index (χ0n) is 9.66. The first-order chi connectivity index (χ1) is 8.08. The molecule has 0 bridgehead atoms. The summed E-state index contributed by atoms with van der Waals surface area (Å²) in [6.07, 6.45) is 0.257. The minimum Gasteiger partial charge on any atom is -0.422 e. The van der Waals surface area contributed by atoms with E-state index < -0.39 is 17.8 Å². The van der Waals surface area contributed by atoms with Gasteiger partial charge in [-0.05, 0) is 12.1 Å². The number of carbonyl (C=O) groups excluding carboxylic acids is 2. The Morgan fingerprint density at radius 3 is 2.29 bits per heavy atom. The second-order valence-corrected chi connectivity index (χ2v) is 3.22. The van der Waals surface area contributed by atoms with Crippen molar-refractivity contribution in [2.45, 2.75) is 26.7 Å². The van der Waals surface area contributed by atoms with Gasteiger partial charge in [-0.2, -0.15) is 0 Å². The third kappa shape index (κ3) is 3.55. The molecule has 0 N–H and O–H groups in total. The Kier molecular flexibility index (Phi) is 4.63. The molecule has 1 rings (SSSR count). The summed E-state index contributed by atoms with van der Waals surface area (Å²) < 4.78 is 23.1. The van der Waals surface area contributed by atoms with Gasteiger partial charge in [0.2, 0.25) is 5.75 Å². The van der Waals surface area contributed by atoms with Crippen LogP contribution in [-0.4, -0.2) is 11.9 Å². The number of carbonyl (C=O) groups is 2. The van der Waals surface area contributed by atoms with Crippen LogP contribution in [0.25, 0.3) is 0 Å². The van der Waals surface area contributed by atoms with Crippen molar-refractivity contribution in [1.82, 2.24) is 0 Å². The summed E-state index contributed by atoms with van der Waals surface area (Å²) in [6, 6.07) is 3.87. The topological polar surface area (TPSA) is 52.6 Å². The Bertz CT molecular complexity index is 429. The van der Waals surface area contributed by atoms with Crippen LogP contribution in [0.4, 0.5) is 4.39 Å². The molecule has 0 saturated carbocycles. The van der Waals surface area contributed by atoms with Gasteiger partial charge in [0.15, 0.2) is 11.6 Å². The number of ether oxygens (including phenoxy) is 2. The van der Waals surface area contributed by atoms with Gasteiger partial charge in [-0.3, -0.25) is 9.59 Å². The van der Waals surface area contributed by atoms with Crippen LogP contribution in [0.5, 0.6) is 11.5 Å². The van der Waals surface area contributed by atoms with E-state index in [2.05, 4.69) is 0 Å². The van der Waals surface area contributed by atoms with Gasteiger partial charge in [-0.1, -0.05) is 19.9 Å². The average molecular weight is 240 g/mol. The van der Waals surface area contributed by atoms with E-state index in [0.717, 1.165) is 6.07 Å². The van der Waals surface area contributed by atoms with E-state index in [0.29, 0.717) is 0 Å². The SMILES string of the molecule is CCC(=O)Oc1cccc(F)c1OC(=O)CC. The summed E-state index contributed by atoms with van der Waals surface area (Å²) in [5, 5.41) is 0. The molecule has 5 heteroatoms. The van der Waals surface area contributed by atoms with E-state index in [1.54, 1.807) is 13.8 Å². The highest BCUT2D eigenvalue weighted by Crippen LogP contribution is 2.30. The molecule has 0 spiro atoms. The third-order valence-electron chi connectivity index (χ3n) is 1.95. The molecule has 0 radical (unpaired) electrons. The van der Waals surface area contributed by atoms with Gasteiger partial charge < -0.3 is 9.47 Å². The van der Waals surface area contributed by atoms with Gasteiger partial charge in [0.1, 0.15) is 0 Å². The lowest BCUT2D eigenvalue weighted by atomic mass is 10.3. The van der Waals surface area contributed by atoms with Crippen LogP contribution < -0.4 is 9.47 Å². The van der Waals surface area contributed by atoms with Crippen molar-refractivity contribution in [3.63, 3.8) is 0 Å². The first kappa shape index (κ1) is 13.2. The van der Waals surface area contributed by atoms with Crippen molar-refractivity contribution in [3.8, 4) is 11.5 Å². The summed E-state index contributed by atoms with van der Waals surface area (Å²) in [5.41, 5.74) is 0. The Morgan fingerprint density at radius 2 is 1.71 bits per heavy atom. The Morgan fingerprint density at radius 1 is 1.12 bits per heavy atom. The van der Waals surface area contributed by atoms with E-state index in [4.69, 9.17) is 9.47 Å². The van der Waals surface area contributed by atoms with Gasteiger partial charge in [-0.15, -0.1) is 0 Å². The molecule has 0 aliphatic rings. The van der Waals surface area contributed by atoms with Crippen molar-refractivity contribution >= 4 is 11.9 Å². The normalized spacial score (nSPS) is 9.82. The summed E-state index contributed by atoms with van der Waals surface area (Å²) in [5.74, 6) is -2.29. The van der Waals surface area contributed by atoms with Gasteiger partial charge in [0.05, 0.1) is 0 Å². The lowest BCUT2D eigenvalue weighted by Crippen LogP contribution is -2.11. The Balaban J connectivity index is 2.99. The van der Waals surface area contributed by atoms with Crippen LogP contribution in [0, 0.1) is 5.82 Å². The van der Waals surface area contributed by atoms with Crippen molar-refractivity contribution in [3.05, 3.63) is 24.0 Å². The maximum Gasteiger partial charge on any atom is 0.311 e. The molecule has 0 aliphatic carbocycles. The molecule has 0 heterocycles. The quantitative estimate of drug-likeness (QED) is 0.599. The number of benzene rings is 1. The van der Waals surface area contributed by atoms with Crippen LogP contribution in [0.2, 0.25) is 0 Å². The monoisotopic (exact) mass is 240 g/mol. The highest BCUT2D eigenvalue weighted by atomic mass is 19.1. The first-order valence-electron chi connectivity index (χ1n) is 5.28. The highest BCUT2D eigenvalue weighted by molar-refractivity contribution is 5.75. The predicted molar refractivity (Wildman–Crippen MR) is 58.3 cm³/mol. The predicted octanol–water partition coefficient (Wildman–Crippen LogP) is 2.46. The van der Waals surface area contributed by atoms with Crippen LogP contribution in [0.1, 0.15) is 26.7 Å². The Hall–Kier alpha value is -1.91. The van der Waals surface area contributed by atoms with Crippen LogP contribution in [-0.2, 0) is 9.59 Å². The molecule has 0 atom stereocenters. The van der Waals surface area contributed by atoms with Gasteiger partial charge in [0, 0.05) is 12.8 Å². The summed E-state index contributed by atoms with van der Waals surface area (Å²) in [4.78, 5) is 22.2. The molecule has 1 aromatic carbocycles. The average Bonchev–Trinajstić information content (AvgIpc) is 2.33. The molecule has 0 aromatic heterocycles. The number of hydrogen-bond donors (Lipinski definition) is 0. The maximum absolute atomic E-state index is 13.4. The van der Waals surface area contributed by atoms with Crippen molar-refractivity contribution in [2.24, 2.45) is 0 Å². The zero-order valence-corrected chi connectivity index (χ0v) is 9.66. The molecule has 0 saturated heterocycles. The molecule has 0 unspecified atom stereocenters. The van der Waals surface area contributed by atoms with E-state index in [1.807, 2.05) is 0 Å². The fraction of sp³-hybridized carbons (Fsp3) is 0.333. The first-order valence-corrected chi connectivity index (χ1v) is 5.28. The standard InChI is InChI=1S/C12H13FO4/c1-3-10(14)16-9-7-5-6-8(13)12(9)17-11(15)4-2/h5-7H,3-4H2,1-2H3. The molecule has 0 amide bonds. The summed E-state index contributed by atoms with van der Waals surface area (Å²) >= 11 is 0. The largest absolute Gasteiger partial charge is 0.422 e. The fourth-order valence-electron chi connectivity index (χ4n) is 1.05. The lowest BCUT2D eigenvalue weighted by Gasteiger charge is -2.09. The molecule has 17 heavy (non-hydrogen) atoms. The molecule has 1 aromatic rings. The number of para-hydroxylation sites is 1.